The van der Waals surface area contributed by atoms with Gasteiger partial charge in [0.05, 0.1) is 0 Å². The van der Waals surface area contributed by atoms with E-state index in [-0.39, 0.29) is 0 Å². The maximum absolute atomic E-state index is 9.56. The minimum Gasteiger partial charge on any atom is -0.508 e. The van der Waals surface area contributed by atoms with Crippen molar-refractivity contribution in [2.45, 2.75) is 6.42 Å². The lowest BCUT2D eigenvalue weighted by molar-refractivity contribution is 0.475. The van der Waals surface area contributed by atoms with Gasteiger partial charge in [-0.1, -0.05) is 36.4 Å². The highest BCUT2D eigenvalue weighted by molar-refractivity contribution is 5.91. The van der Waals surface area contributed by atoms with Gasteiger partial charge in [0.1, 0.15) is 5.75 Å². The number of rotatable bonds is 0. The van der Waals surface area contributed by atoms with Gasteiger partial charge in [-0.3, -0.25) is 0 Å². The van der Waals surface area contributed by atoms with Crippen molar-refractivity contribution in [1.82, 2.24) is 0 Å². The molecule has 1 aliphatic carbocycles. The summed E-state index contributed by atoms with van der Waals surface area (Å²) in [5.41, 5.74) is 5.15. The van der Waals surface area contributed by atoms with E-state index in [0.717, 1.165) is 6.42 Å². The molecule has 0 saturated carbocycles. The lowest BCUT2D eigenvalue weighted by atomic mass is 10.0. The molecule has 0 radical (unpaired) electrons. The third kappa shape index (κ3) is 1.28. The quantitative estimate of drug-likeness (QED) is 0.483. The van der Waals surface area contributed by atoms with Crippen molar-refractivity contribution in [2.75, 3.05) is 0 Å². The van der Waals surface area contributed by atoms with Crippen LogP contribution in [0.25, 0.3) is 21.9 Å². The zero-order valence-corrected chi connectivity index (χ0v) is 9.85. The summed E-state index contributed by atoms with van der Waals surface area (Å²) in [6, 6.07) is 18.6. The third-order valence-corrected chi connectivity index (χ3v) is 3.73. The normalized spacial score (nSPS) is 12.4. The first kappa shape index (κ1) is 9.72. The summed E-state index contributed by atoms with van der Waals surface area (Å²) < 4.78 is 0. The van der Waals surface area contributed by atoms with Gasteiger partial charge in [-0.2, -0.15) is 0 Å². The molecule has 1 nitrogen and oxygen atoms in total. The molecule has 1 aliphatic rings. The molecule has 3 aromatic carbocycles. The van der Waals surface area contributed by atoms with Crippen LogP contribution >= 0.6 is 0 Å². The SMILES string of the molecule is Oc1ccc2c(c1)Cc1cc3ccccc3cc1-2. The van der Waals surface area contributed by atoms with Gasteiger partial charge in [0.2, 0.25) is 0 Å². The maximum atomic E-state index is 9.56. The minimum absolute atomic E-state index is 0.353. The topological polar surface area (TPSA) is 20.2 Å². The molecule has 18 heavy (non-hydrogen) atoms. The molecule has 0 aromatic heterocycles. The predicted octanol–water partition coefficient (Wildman–Crippen LogP) is 4.12. The third-order valence-electron chi connectivity index (χ3n) is 3.73. The van der Waals surface area contributed by atoms with Crippen LogP contribution in [0.2, 0.25) is 0 Å². The molecular formula is C17H12O. The van der Waals surface area contributed by atoms with E-state index in [4.69, 9.17) is 0 Å². The van der Waals surface area contributed by atoms with Gasteiger partial charge >= 0.3 is 0 Å². The Balaban J connectivity index is 2.03. The van der Waals surface area contributed by atoms with Crippen molar-refractivity contribution in [1.29, 1.82) is 0 Å². The Labute approximate surface area is 105 Å². The van der Waals surface area contributed by atoms with E-state index in [1.165, 1.54) is 33.0 Å². The van der Waals surface area contributed by atoms with Crippen molar-refractivity contribution < 1.29 is 5.11 Å². The number of hydrogen-bond donors (Lipinski definition) is 1. The average Bonchev–Trinajstić information content (AvgIpc) is 2.72. The molecule has 3 aromatic rings. The van der Waals surface area contributed by atoms with Crippen LogP contribution in [-0.4, -0.2) is 5.11 Å². The molecule has 86 valence electrons. The molecule has 0 bridgehead atoms. The molecule has 1 N–H and O–H groups in total. The average molecular weight is 232 g/mol. The summed E-state index contributed by atoms with van der Waals surface area (Å²) in [4.78, 5) is 0. The van der Waals surface area contributed by atoms with Crippen molar-refractivity contribution >= 4 is 10.8 Å². The van der Waals surface area contributed by atoms with Gasteiger partial charge < -0.3 is 5.11 Å². The van der Waals surface area contributed by atoms with Crippen LogP contribution in [0.4, 0.5) is 0 Å². The molecule has 0 saturated heterocycles. The van der Waals surface area contributed by atoms with E-state index in [1.54, 1.807) is 6.07 Å². The van der Waals surface area contributed by atoms with Crippen LogP contribution in [0.3, 0.4) is 0 Å². The largest absolute Gasteiger partial charge is 0.508 e. The molecule has 0 amide bonds. The first-order chi connectivity index (χ1) is 8.81. The minimum atomic E-state index is 0.353. The number of phenolic OH excluding ortho intramolecular Hbond substituents is 1. The number of fused-ring (bicyclic) bond motifs is 4. The van der Waals surface area contributed by atoms with E-state index in [2.05, 4.69) is 36.4 Å². The van der Waals surface area contributed by atoms with Crippen LogP contribution < -0.4 is 0 Å². The summed E-state index contributed by atoms with van der Waals surface area (Å²) in [5, 5.41) is 12.1. The highest BCUT2D eigenvalue weighted by atomic mass is 16.3. The molecule has 1 heteroatoms. The first-order valence-corrected chi connectivity index (χ1v) is 6.15. The monoisotopic (exact) mass is 232 g/mol. The fourth-order valence-corrected chi connectivity index (χ4v) is 2.88. The first-order valence-electron chi connectivity index (χ1n) is 6.15. The van der Waals surface area contributed by atoms with Gasteiger partial charge in [-0.05, 0) is 57.6 Å². The highest BCUT2D eigenvalue weighted by Gasteiger charge is 2.19. The Morgan fingerprint density at radius 3 is 2.28 bits per heavy atom. The predicted molar refractivity (Wildman–Crippen MR) is 73.9 cm³/mol. The molecule has 0 unspecified atom stereocenters. The standard InChI is InChI=1S/C17H12O/c18-15-5-6-16-14(9-15)8-13-7-11-3-1-2-4-12(11)10-17(13)16/h1-7,9-10,18H,8H2. The lowest BCUT2D eigenvalue weighted by Crippen LogP contribution is -1.81. The Morgan fingerprint density at radius 1 is 0.722 bits per heavy atom. The van der Waals surface area contributed by atoms with Gasteiger partial charge in [0, 0.05) is 0 Å². The van der Waals surface area contributed by atoms with Gasteiger partial charge in [-0.15, -0.1) is 0 Å². The Morgan fingerprint density at radius 2 is 1.44 bits per heavy atom. The van der Waals surface area contributed by atoms with E-state index in [0.29, 0.717) is 5.75 Å². The van der Waals surface area contributed by atoms with Crippen LogP contribution in [-0.2, 0) is 6.42 Å². The van der Waals surface area contributed by atoms with E-state index < -0.39 is 0 Å². The molecule has 0 atom stereocenters. The van der Waals surface area contributed by atoms with Crippen LogP contribution in [0.5, 0.6) is 5.75 Å². The summed E-state index contributed by atoms with van der Waals surface area (Å²) in [6.07, 6.45) is 0.921. The van der Waals surface area contributed by atoms with E-state index in [1.807, 2.05) is 12.1 Å². The van der Waals surface area contributed by atoms with Gasteiger partial charge in [-0.25, -0.2) is 0 Å². The number of benzene rings is 3. The summed E-state index contributed by atoms with van der Waals surface area (Å²) >= 11 is 0. The second kappa shape index (κ2) is 3.36. The molecular weight excluding hydrogens is 220 g/mol. The van der Waals surface area contributed by atoms with Crippen molar-refractivity contribution in [2.24, 2.45) is 0 Å². The molecule has 0 fully saturated rings. The zero-order valence-electron chi connectivity index (χ0n) is 9.85. The van der Waals surface area contributed by atoms with Crippen LogP contribution in [0.1, 0.15) is 11.1 Å². The maximum Gasteiger partial charge on any atom is 0.115 e. The van der Waals surface area contributed by atoms with Crippen molar-refractivity contribution in [3.8, 4) is 16.9 Å². The Bertz CT molecular complexity index is 772. The van der Waals surface area contributed by atoms with Crippen molar-refractivity contribution in [3.63, 3.8) is 0 Å². The molecule has 0 heterocycles. The second-order valence-corrected chi connectivity index (χ2v) is 4.87. The lowest BCUT2D eigenvalue weighted by Gasteiger charge is -2.04. The molecule has 0 spiro atoms. The van der Waals surface area contributed by atoms with Gasteiger partial charge in [0.25, 0.3) is 0 Å². The van der Waals surface area contributed by atoms with Crippen molar-refractivity contribution in [3.05, 3.63) is 65.7 Å². The van der Waals surface area contributed by atoms with Gasteiger partial charge in [0.15, 0.2) is 0 Å². The molecule has 4 rings (SSSR count). The Kier molecular flexibility index (Phi) is 1.81. The van der Waals surface area contributed by atoms with E-state index >= 15 is 0 Å². The molecule has 0 aliphatic heterocycles. The van der Waals surface area contributed by atoms with Crippen LogP contribution in [0, 0.1) is 0 Å². The Hall–Kier alpha value is -2.28. The summed E-state index contributed by atoms with van der Waals surface area (Å²) in [5.74, 6) is 0.353. The number of phenols is 1. The number of aromatic hydroxyl groups is 1. The zero-order chi connectivity index (χ0) is 12.1. The smallest absolute Gasteiger partial charge is 0.115 e. The second-order valence-electron chi connectivity index (χ2n) is 4.87. The summed E-state index contributed by atoms with van der Waals surface area (Å²) in [6.45, 7) is 0. The fraction of sp³-hybridized carbons (Fsp3) is 0.0588. The summed E-state index contributed by atoms with van der Waals surface area (Å²) in [7, 11) is 0. The van der Waals surface area contributed by atoms with Crippen LogP contribution in [0.15, 0.2) is 54.6 Å². The highest BCUT2D eigenvalue weighted by Crippen LogP contribution is 2.40. The number of hydrogen-bond acceptors (Lipinski definition) is 1. The fourth-order valence-electron chi connectivity index (χ4n) is 2.88. The van der Waals surface area contributed by atoms with E-state index in [9.17, 15) is 5.11 Å².